The molecular weight excluding hydrogens is 284 g/mol. The van der Waals surface area contributed by atoms with Crippen molar-refractivity contribution in [1.29, 1.82) is 0 Å². The quantitative estimate of drug-likeness (QED) is 0.884. The minimum absolute atomic E-state index is 0.0940. The molecule has 1 heterocycles. The largest absolute Gasteiger partial charge is 0.478 e. The number of carboxylic acids is 1. The van der Waals surface area contributed by atoms with Crippen molar-refractivity contribution in [2.45, 2.75) is 33.2 Å². The number of carbonyl (C=O) groups is 2. The monoisotopic (exact) mass is 302 g/mol. The molecule has 22 heavy (non-hydrogen) atoms. The van der Waals surface area contributed by atoms with E-state index in [4.69, 9.17) is 9.63 Å². The summed E-state index contributed by atoms with van der Waals surface area (Å²) in [6.45, 7) is 5.61. The molecule has 0 fully saturated rings. The molecule has 2 rings (SSSR count). The van der Waals surface area contributed by atoms with E-state index in [1.165, 1.54) is 24.3 Å². The lowest BCUT2D eigenvalue weighted by molar-refractivity contribution is 0.0696. The van der Waals surface area contributed by atoms with E-state index in [2.05, 4.69) is 10.5 Å². The Morgan fingerprint density at radius 3 is 2.32 bits per heavy atom. The van der Waals surface area contributed by atoms with Gasteiger partial charge in [-0.15, -0.1) is 0 Å². The van der Waals surface area contributed by atoms with Crippen LogP contribution in [0.5, 0.6) is 0 Å². The summed E-state index contributed by atoms with van der Waals surface area (Å²) in [4.78, 5) is 22.9. The van der Waals surface area contributed by atoms with Crippen LogP contribution in [0.3, 0.4) is 0 Å². The van der Waals surface area contributed by atoms with E-state index in [9.17, 15) is 9.59 Å². The number of aryl methyl sites for hydroxylation is 2. The van der Waals surface area contributed by atoms with Gasteiger partial charge in [0.05, 0.1) is 11.3 Å². The number of benzene rings is 1. The van der Waals surface area contributed by atoms with Gasteiger partial charge in [-0.1, -0.05) is 5.16 Å². The highest BCUT2D eigenvalue weighted by Crippen LogP contribution is 2.14. The molecule has 0 spiro atoms. The molecule has 1 atom stereocenters. The number of aromatic carboxylic acids is 1. The fourth-order valence-corrected chi connectivity index (χ4v) is 2.22. The molecule has 0 radical (unpaired) electrons. The number of carboxylic acid groups (broad SMARTS) is 1. The summed E-state index contributed by atoms with van der Waals surface area (Å²) in [6.07, 6.45) is 0.625. The lowest BCUT2D eigenvalue weighted by atomic mass is 10.0. The topological polar surface area (TPSA) is 92.4 Å². The maximum Gasteiger partial charge on any atom is 0.335 e. The highest BCUT2D eigenvalue weighted by atomic mass is 16.5. The van der Waals surface area contributed by atoms with Gasteiger partial charge < -0.3 is 14.9 Å². The van der Waals surface area contributed by atoms with Gasteiger partial charge in [0, 0.05) is 17.2 Å². The minimum Gasteiger partial charge on any atom is -0.478 e. The molecule has 0 bridgehead atoms. The predicted octanol–water partition coefficient (Wildman–Crippen LogP) is 2.35. The first-order valence-electron chi connectivity index (χ1n) is 6.94. The van der Waals surface area contributed by atoms with Gasteiger partial charge >= 0.3 is 5.97 Å². The first-order valence-corrected chi connectivity index (χ1v) is 6.94. The second-order valence-corrected chi connectivity index (χ2v) is 5.26. The third-order valence-corrected chi connectivity index (χ3v) is 3.46. The highest BCUT2D eigenvalue weighted by molar-refractivity contribution is 5.96. The third kappa shape index (κ3) is 3.52. The number of hydrogen-bond acceptors (Lipinski definition) is 4. The van der Waals surface area contributed by atoms with Crippen molar-refractivity contribution in [3.05, 3.63) is 52.4 Å². The van der Waals surface area contributed by atoms with E-state index in [-0.39, 0.29) is 17.5 Å². The SMILES string of the molecule is Cc1noc(C)c1CC(C)NC(=O)c1ccc(C(=O)O)cc1. The fourth-order valence-electron chi connectivity index (χ4n) is 2.22. The Kier molecular flexibility index (Phi) is 4.60. The van der Waals surface area contributed by atoms with E-state index >= 15 is 0 Å². The third-order valence-electron chi connectivity index (χ3n) is 3.46. The second-order valence-electron chi connectivity index (χ2n) is 5.26. The molecular formula is C16H18N2O4. The van der Waals surface area contributed by atoms with Crippen molar-refractivity contribution in [2.75, 3.05) is 0 Å². The van der Waals surface area contributed by atoms with E-state index in [0.29, 0.717) is 12.0 Å². The molecule has 1 amide bonds. The smallest absolute Gasteiger partial charge is 0.335 e. The molecule has 6 heteroatoms. The van der Waals surface area contributed by atoms with Gasteiger partial charge in [-0.2, -0.15) is 0 Å². The van der Waals surface area contributed by atoms with Crippen molar-refractivity contribution in [3.63, 3.8) is 0 Å². The average molecular weight is 302 g/mol. The lowest BCUT2D eigenvalue weighted by Crippen LogP contribution is -2.34. The maximum absolute atomic E-state index is 12.1. The minimum atomic E-state index is -1.02. The van der Waals surface area contributed by atoms with Crippen LogP contribution in [0.25, 0.3) is 0 Å². The number of rotatable bonds is 5. The first kappa shape index (κ1) is 15.8. The van der Waals surface area contributed by atoms with Gasteiger partial charge in [0.15, 0.2) is 0 Å². The zero-order chi connectivity index (χ0) is 16.3. The molecule has 1 unspecified atom stereocenters. The van der Waals surface area contributed by atoms with Crippen molar-refractivity contribution < 1.29 is 19.2 Å². The standard InChI is InChI=1S/C16H18N2O4/c1-9(8-14-10(2)18-22-11(14)3)17-15(19)12-4-6-13(7-5-12)16(20)21/h4-7,9H,8H2,1-3H3,(H,17,19)(H,20,21). The van der Waals surface area contributed by atoms with Crippen LogP contribution in [0.4, 0.5) is 0 Å². The Morgan fingerprint density at radius 2 is 1.82 bits per heavy atom. The van der Waals surface area contributed by atoms with E-state index in [1.807, 2.05) is 20.8 Å². The fraction of sp³-hybridized carbons (Fsp3) is 0.312. The van der Waals surface area contributed by atoms with Crippen LogP contribution in [0.1, 0.15) is 44.7 Å². The first-order chi connectivity index (χ1) is 10.4. The molecule has 0 aliphatic heterocycles. The maximum atomic E-state index is 12.1. The zero-order valence-corrected chi connectivity index (χ0v) is 12.7. The predicted molar refractivity (Wildman–Crippen MR) is 80.0 cm³/mol. The summed E-state index contributed by atoms with van der Waals surface area (Å²) < 4.78 is 5.10. The molecule has 0 aliphatic rings. The van der Waals surface area contributed by atoms with Gasteiger partial charge in [0.2, 0.25) is 0 Å². The zero-order valence-electron chi connectivity index (χ0n) is 12.7. The van der Waals surface area contributed by atoms with E-state index in [0.717, 1.165) is 17.0 Å². The lowest BCUT2D eigenvalue weighted by Gasteiger charge is -2.14. The molecule has 0 aliphatic carbocycles. The van der Waals surface area contributed by atoms with Crippen molar-refractivity contribution in [2.24, 2.45) is 0 Å². The Morgan fingerprint density at radius 1 is 1.23 bits per heavy atom. The highest BCUT2D eigenvalue weighted by Gasteiger charge is 2.15. The van der Waals surface area contributed by atoms with Crippen LogP contribution in [0, 0.1) is 13.8 Å². The summed E-state index contributed by atoms with van der Waals surface area (Å²) in [6, 6.07) is 5.73. The number of nitrogens with zero attached hydrogens (tertiary/aromatic N) is 1. The Balaban J connectivity index is 2.00. The van der Waals surface area contributed by atoms with Gasteiger partial charge in [-0.25, -0.2) is 4.79 Å². The number of aromatic nitrogens is 1. The molecule has 1 aromatic heterocycles. The molecule has 0 saturated carbocycles. The van der Waals surface area contributed by atoms with Crippen LogP contribution in [0.15, 0.2) is 28.8 Å². The summed E-state index contributed by atoms with van der Waals surface area (Å²) in [7, 11) is 0. The number of hydrogen-bond donors (Lipinski definition) is 2. The van der Waals surface area contributed by atoms with Crippen molar-refractivity contribution >= 4 is 11.9 Å². The van der Waals surface area contributed by atoms with Gasteiger partial charge in [-0.05, 0) is 51.5 Å². The van der Waals surface area contributed by atoms with E-state index in [1.54, 1.807) is 0 Å². The summed E-state index contributed by atoms with van der Waals surface area (Å²) in [5, 5.41) is 15.6. The molecule has 6 nitrogen and oxygen atoms in total. The second kappa shape index (κ2) is 6.43. The van der Waals surface area contributed by atoms with Crippen LogP contribution < -0.4 is 5.32 Å². The van der Waals surface area contributed by atoms with Gasteiger partial charge in [-0.3, -0.25) is 4.79 Å². The molecule has 0 saturated heterocycles. The van der Waals surface area contributed by atoms with Crippen LogP contribution in [-0.2, 0) is 6.42 Å². The summed E-state index contributed by atoms with van der Waals surface area (Å²) >= 11 is 0. The molecule has 2 N–H and O–H groups in total. The number of amides is 1. The average Bonchev–Trinajstić information content (AvgIpc) is 2.79. The number of nitrogens with one attached hydrogen (secondary N) is 1. The molecule has 116 valence electrons. The van der Waals surface area contributed by atoms with E-state index < -0.39 is 5.97 Å². The Bertz CT molecular complexity index is 669. The number of carbonyl (C=O) groups excluding carboxylic acids is 1. The van der Waals surface area contributed by atoms with Gasteiger partial charge in [0.1, 0.15) is 5.76 Å². The van der Waals surface area contributed by atoms with Crippen LogP contribution >= 0.6 is 0 Å². The molecule has 1 aromatic carbocycles. The molecule has 2 aromatic rings. The summed E-state index contributed by atoms with van der Waals surface area (Å²) in [5.74, 6) is -0.501. The normalized spacial score (nSPS) is 12.0. The Hall–Kier alpha value is -2.63. The van der Waals surface area contributed by atoms with Crippen LogP contribution in [0.2, 0.25) is 0 Å². The van der Waals surface area contributed by atoms with Crippen LogP contribution in [-0.4, -0.2) is 28.2 Å². The van der Waals surface area contributed by atoms with Crippen molar-refractivity contribution in [1.82, 2.24) is 10.5 Å². The Labute approximate surface area is 128 Å². The summed E-state index contributed by atoms with van der Waals surface area (Å²) in [5.41, 5.74) is 2.40. The van der Waals surface area contributed by atoms with Crippen molar-refractivity contribution in [3.8, 4) is 0 Å². The van der Waals surface area contributed by atoms with Gasteiger partial charge in [0.25, 0.3) is 5.91 Å².